The summed E-state index contributed by atoms with van der Waals surface area (Å²) >= 11 is 0. The molecule has 0 radical (unpaired) electrons. The van der Waals surface area contributed by atoms with Gasteiger partial charge in [0.2, 0.25) is 0 Å². The molecule has 1 heterocycles. The summed E-state index contributed by atoms with van der Waals surface area (Å²) in [7, 11) is 0. The number of hydrogen-bond donors (Lipinski definition) is 1. The lowest BCUT2D eigenvalue weighted by atomic mass is 9.88. The molecule has 4 nitrogen and oxygen atoms in total. The normalized spacial score (nSPS) is 16.6. The maximum absolute atomic E-state index is 12.0. The predicted octanol–water partition coefficient (Wildman–Crippen LogP) is 2.49. The third-order valence-corrected chi connectivity index (χ3v) is 3.28. The van der Waals surface area contributed by atoms with Gasteiger partial charge in [0.15, 0.2) is 0 Å². The van der Waals surface area contributed by atoms with E-state index in [9.17, 15) is 4.79 Å². The molecule has 0 bridgehead atoms. The molecule has 0 unspecified atom stereocenters. The first-order valence-electron chi connectivity index (χ1n) is 7.07. The molecule has 1 aliphatic heterocycles. The summed E-state index contributed by atoms with van der Waals surface area (Å²) in [5.74, 6) is 1.24. The van der Waals surface area contributed by atoms with Gasteiger partial charge >= 0.3 is 0 Å². The number of nitrogens with one attached hydrogen (secondary N) is 1. The Hall–Kier alpha value is -1.55. The lowest BCUT2D eigenvalue weighted by Gasteiger charge is -2.38. The number of ether oxygens (including phenoxy) is 2. The molecular formula is C16H23NO3. The van der Waals surface area contributed by atoms with Gasteiger partial charge in [0.25, 0.3) is 5.91 Å². The van der Waals surface area contributed by atoms with Crippen molar-refractivity contribution in [2.24, 2.45) is 11.3 Å². The minimum absolute atomic E-state index is 0.0477. The second-order valence-electron chi connectivity index (χ2n) is 6.22. The quantitative estimate of drug-likeness (QED) is 0.869. The zero-order chi connectivity index (χ0) is 14.6. The summed E-state index contributed by atoms with van der Waals surface area (Å²) in [4.78, 5) is 12.0. The Bertz CT molecular complexity index is 449. The Kier molecular flexibility index (Phi) is 4.65. The third-order valence-electron chi connectivity index (χ3n) is 3.28. The van der Waals surface area contributed by atoms with Crippen LogP contribution in [0.4, 0.5) is 0 Å². The van der Waals surface area contributed by atoms with Crippen LogP contribution in [-0.4, -0.2) is 32.3 Å². The number of amides is 1. The monoisotopic (exact) mass is 277 g/mol. The second-order valence-corrected chi connectivity index (χ2v) is 6.22. The van der Waals surface area contributed by atoms with Crippen LogP contribution in [-0.2, 0) is 4.74 Å². The van der Waals surface area contributed by atoms with Crippen molar-refractivity contribution in [3.8, 4) is 5.75 Å². The van der Waals surface area contributed by atoms with Crippen molar-refractivity contribution in [3.63, 3.8) is 0 Å². The summed E-state index contributed by atoms with van der Waals surface area (Å²) in [6, 6.07) is 7.27. The van der Waals surface area contributed by atoms with Gasteiger partial charge in [-0.05, 0) is 30.2 Å². The molecule has 1 aromatic carbocycles. The van der Waals surface area contributed by atoms with E-state index < -0.39 is 0 Å². The predicted molar refractivity (Wildman–Crippen MR) is 78.0 cm³/mol. The van der Waals surface area contributed by atoms with Gasteiger partial charge in [0, 0.05) is 17.5 Å². The fraction of sp³-hybridized carbons (Fsp3) is 0.562. The van der Waals surface area contributed by atoms with E-state index in [-0.39, 0.29) is 11.3 Å². The van der Waals surface area contributed by atoms with E-state index in [2.05, 4.69) is 26.1 Å². The maximum Gasteiger partial charge on any atom is 0.251 e. The van der Waals surface area contributed by atoms with Crippen LogP contribution in [0.5, 0.6) is 5.75 Å². The van der Waals surface area contributed by atoms with Crippen LogP contribution in [0.1, 0.15) is 31.1 Å². The van der Waals surface area contributed by atoms with Gasteiger partial charge in [0.1, 0.15) is 5.75 Å². The summed E-state index contributed by atoms with van der Waals surface area (Å²) in [5, 5.41) is 2.95. The molecule has 1 aromatic rings. The molecular weight excluding hydrogens is 254 g/mol. The zero-order valence-electron chi connectivity index (χ0n) is 12.4. The summed E-state index contributed by atoms with van der Waals surface area (Å²) in [6.45, 7) is 9.09. The second kappa shape index (κ2) is 6.27. The third kappa shape index (κ3) is 3.97. The molecule has 20 heavy (non-hydrogen) atoms. The van der Waals surface area contributed by atoms with Crippen molar-refractivity contribution in [1.29, 1.82) is 0 Å². The average Bonchev–Trinajstić information content (AvgIpc) is 2.41. The molecule has 1 N–H and O–H groups in total. The van der Waals surface area contributed by atoms with E-state index >= 15 is 0 Å². The molecule has 0 aliphatic carbocycles. The molecule has 1 aliphatic rings. The first kappa shape index (κ1) is 14.9. The number of hydrogen-bond acceptors (Lipinski definition) is 3. The SMILES string of the molecule is CC(C)COc1ccc(C(=O)NCC2(C)COC2)cc1. The molecule has 0 aromatic heterocycles. The average molecular weight is 277 g/mol. The number of carbonyl (C=O) groups excluding carboxylic acids is 1. The largest absolute Gasteiger partial charge is 0.493 e. The molecule has 1 amide bonds. The lowest BCUT2D eigenvalue weighted by molar-refractivity contribution is -0.0978. The van der Waals surface area contributed by atoms with Crippen LogP contribution >= 0.6 is 0 Å². The van der Waals surface area contributed by atoms with Crippen molar-refractivity contribution in [1.82, 2.24) is 5.32 Å². The van der Waals surface area contributed by atoms with Crippen molar-refractivity contribution in [3.05, 3.63) is 29.8 Å². The van der Waals surface area contributed by atoms with Crippen molar-refractivity contribution < 1.29 is 14.3 Å². The van der Waals surface area contributed by atoms with E-state index in [0.717, 1.165) is 19.0 Å². The first-order valence-corrected chi connectivity index (χ1v) is 7.07. The lowest BCUT2D eigenvalue weighted by Crippen LogP contribution is -2.48. The van der Waals surface area contributed by atoms with Crippen LogP contribution in [0.25, 0.3) is 0 Å². The molecule has 110 valence electrons. The highest BCUT2D eigenvalue weighted by molar-refractivity contribution is 5.94. The van der Waals surface area contributed by atoms with Gasteiger partial charge in [-0.25, -0.2) is 0 Å². The van der Waals surface area contributed by atoms with Crippen LogP contribution < -0.4 is 10.1 Å². The van der Waals surface area contributed by atoms with Gasteiger partial charge < -0.3 is 14.8 Å². The van der Waals surface area contributed by atoms with E-state index in [1.54, 1.807) is 12.1 Å². The highest BCUT2D eigenvalue weighted by Crippen LogP contribution is 2.25. The minimum Gasteiger partial charge on any atom is -0.493 e. The van der Waals surface area contributed by atoms with Gasteiger partial charge in [0.05, 0.1) is 19.8 Å². The van der Waals surface area contributed by atoms with Crippen molar-refractivity contribution in [2.45, 2.75) is 20.8 Å². The van der Waals surface area contributed by atoms with Crippen LogP contribution in [0, 0.1) is 11.3 Å². The Morgan fingerprint density at radius 3 is 2.50 bits per heavy atom. The highest BCUT2D eigenvalue weighted by atomic mass is 16.5. The molecule has 0 saturated carbocycles. The molecule has 0 atom stereocenters. The topological polar surface area (TPSA) is 47.6 Å². The van der Waals surface area contributed by atoms with Gasteiger partial charge in [-0.2, -0.15) is 0 Å². The van der Waals surface area contributed by atoms with Crippen molar-refractivity contribution in [2.75, 3.05) is 26.4 Å². The van der Waals surface area contributed by atoms with Crippen LogP contribution in [0.15, 0.2) is 24.3 Å². The van der Waals surface area contributed by atoms with E-state index in [0.29, 0.717) is 24.6 Å². The van der Waals surface area contributed by atoms with E-state index in [1.807, 2.05) is 12.1 Å². The zero-order valence-corrected chi connectivity index (χ0v) is 12.4. The van der Waals surface area contributed by atoms with E-state index in [4.69, 9.17) is 9.47 Å². The summed E-state index contributed by atoms with van der Waals surface area (Å²) in [6.07, 6.45) is 0. The van der Waals surface area contributed by atoms with Gasteiger partial charge in [-0.3, -0.25) is 4.79 Å². The van der Waals surface area contributed by atoms with Crippen molar-refractivity contribution >= 4 is 5.91 Å². The number of benzene rings is 1. The Morgan fingerprint density at radius 2 is 2.00 bits per heavy atom. The molecule has 2 rings (SSSR count). The standard InChI is InChI=1S/C16H23NO3/c1-12(2)8-20-14-6-4-13(5-7-14)15(18)17-9-16(3)10-19-11-16/h4-7,12H,8-11H2,1-3H3,(H,17,18). The maximum atomic E-state index is 12.0. The summed E-state index contributed by atoms with van der Waals surface area (Å²) < 4.78 is 10.8. The van der Waals surface area contributed by atoms with Crippen LogP contribution in [0.3, 0.4) is 0 Å². The number of rotatable bonds is 6. The molecule has 4 heteroatoms. The molecule has 0 spiro atoms. The fourth-order valence-corrected chi connectivity index (χ4v) is 1.91. The smallest absolute Gasteiger partial charge is 0.251 e. The summed E-state index contributed by atoms with van der Waals surface area (Å²) in [5.41, 5.74) is 0.751. The number of carbonyl (C=O) groups is 1. The van der Waals surface area contributed by atoms with Gasteiger partial charge in [-0.1, -0.05) is 20.8 Å². The highest BCUT2D eigenvalue weighted by Gasteiger charge is 2.33. The van der Waals surface area contributed by atoms with Crippen LogP contribution in [0.2, 0.25) is 0 Å². The van der Waals surface area contributed by atoms with Gasteiger partial charge in [-0.15, -0.1) is 0 Å². The Labute approximate surface area is 120 Å². The minimum atomic E-state index is -0.0477. The molecule has 1 saturated heterocycles. The Morgan fingerprint density at radius 1 is 1.35 bits per heavy atom. The first-order chi connectivity index (χ1) is 9.48. The molecule has 1 fully saturated rings. The Balaban J connectivity index is 1.83. The fourth-order valence-electron chi connectivity index (χ4n) is 1.91. The van der Waals surface area contributed by atoms with E-state index in [1.165, 1.54) is 0 Å².